The minimum absolute atomic E-state index is 0.00396. The van der Waals surface area contributed by atoms with Crippen molar-refractivity contribution in [3.05, 3.63) is 46.8 Å². The van der Waals surface area contributed by atoms with Crippen molar-refractivity contribution < 1.29 is 8.42 Å². The van der Waals surface area contributed by atoms with Crippen LogP contribution in [-0.2, 0) is 10.0 Å². The number of nitrogens with zero attached hydrogens (tertiary/aromatic N) is 2. The molecule has 0 unspecified atom stereocenters. The van der Waals surface area contributed by atoms with Gasteiger partial charge >= 0.3 is 0 Å². The maximum absolute atomic E-state index is 12.0. The Labute approximate surface area is 114 Å². The number of sulfonamides is 1. The summed E-state index contributed by atoms with van der Waals surface area (Å²) in [6.45, 7) is 0. The molecule has 5 nitrogen and oxygen atoms in total. The Hall–Kier alpha value is -1.37. The predicted molar refractivity (Wildman–Crippen MR) is 69.3 cm³/mol. The van der Waals surface area contributed by atoms with Crippen molar-refractivity contribution in [3.63, 3.8) is 0 Å². The van der Waals surface area contributed by atoms with E-state index >= 15 is 0 Å². The van der Waals surface area contributed by atoms with E-state index in [9.17, 15) is 8.42 Å². The van der Waals surface area contributed by atoms with Crippen molar-refractivity contribution in [2.75, 3.05) is 4.72 Å². The Bertz CT molecular complexity index is 676. The molecule has 0 amide bonds. The molecule has 2 aromatic rings. The highest BCUT2D eigenvalue weighted by Crippen LogP contribution is 2.17. The van der Waals surface area contributed by atoms with E-state index in [1.807, 2.05) is 0 Å². The van der Waals surface area contributed by atoms with Gasteiger partial charge in [-0.2, -0.15) is 0 Å². The van der Waals surface area contributed by atoms with Crippen LogP contribution >= 0.6 is 23.2 Å². The van der Waals surface area contributed by atoms with E-state index in [-0.39, 0.29) is 21.0 Å². The van der Waals surface area contributed by atoms with Crippen LogP contribution in [0.4, 0.5) is 5.82 Å². The molecule has 0 bridgehead atoms. The monoisotopic (exact) mass is 303 g/mol. The van der Waals surface area contributed by atoms with Gasteiger partial charge in [-0.15, -0.1) is 0 Å². The summed E-state index contributed by atoms with van der Waals surface area (Å²) in [6.07, 6.45) is 1.31. The second-order valence-corrected chi connectivity index (χ2v) is 5.72. The molecule has 18 heavy (non-hydrogen) atoms. The van der Waals surface area contributed by atoms with E-state index in [0.717, 1.165) is 0 Å². The molecule has 2 heterocycles. The largest absolute Gasteiger partial charge is 0.263 e. The fourth-order valence-electron chi connectivity index (χ4n) is 1.21. The van der Waals surface area contributed by atoms with E-state index in [0.29, 0.717) is 0 Å². The quantitative estimate of drug-likeness (QED) is 0.885. The van der Waals surface area contributed by atoms with Gasteiger partial charge < -0.3 is 0 Å². The summed E-state index contributed by atoms with van der Waals surface area (Å²) >= 11 is 11.3. The molecule has 0 aromatic carbocycles. The number of aromatic nitrogens is 2. The lowest BCUT2D eigenvalue weighted by Gasteiger charge is -2.07. The zero-order chi connectivity index (χ0) is 13.2. The summed E-state index contributed by atoms with van der Waals surface area (Å²) in [5.74, 6) is 0.135. The van der Waals surface area contributed by atoms with Crippen molar-refractivity contribution in [1.82, 2.24) is 9.97 Å². The maximum Gasteiger partial charge on any atom is 0.263 e. The van der Waals surface area contributed by atoms with Crippen LogP contribution in [0.1, 0.15) is 0 Å². The third kappa shape index (κ3) is 3.10. The van der Waals surface area contributed by atoms with Crippen molar-refractivity contribution in [1.29, 1.82) is 0 Å². The molecule has 94 valence electrons. The lowest BCUT2D eigenvalue weighted by atomic mass is 10.5. The summed E-state index contributed by atoms with van der Waals surface area (Å²) in [7, 11) is -3.75. The van der Waals surface area contributed by atoms with Crippen LogP contribution < -0.4 is 4.72 Å². The van der Waals surface area contributed by atoms with E-state index in [4.69, 9.17) is 23.2 Å². The van der Waals surface area contributed by atoms with E-state index in [2.05, 4.69) is 14.7 Å². The molecular weight excluding hydrogens is 297 g/mol. The lowest BCUT2D eigenvalue weighted by Crippen LogP contribution is -2.14. The molecule has 8 heteroatoms. The van der Waals surface area contributed by atoms with Crippen LogP contribution in [0, 0.1) is 0 Å². The van der Waals surface area contributed by atoms with Gasteiger partial charge in [0.05, 0.1) is 4.90 Å². The highest BCUT2D eigenvalue weighted by atomic mass is 35.5. The summed E-state index contributed by atoms with van der Waals surface area (Å²) < 4.78 is 26.3. The molecule has 0 aliphatic carbocycles. The summed E-state index contributed by atoms with van der Waals surface area (Å²) in [6, 6.07) is 7.20. The van der Waals surface area contributed by atoms with Gasteiger partial charge in [-0.3, -0.25) is 4.72 Å². The van der Waals surface area contributed by atoms with Crippen molar-refractivity contribution in [2.24, 2.45) is 0 Å². The molecule has 2 rings (SSSR count). The van der Waals surface area contributed by atoms with Crippen LogP contribution in [0.15, 0.2) is 41.4 Å². The van der Waals surface area contributed by atoms with Gasteiger partial charge in [-0.1, -0.05) is 29.3 Å². The number of hydrogen-bond acceptors (Lipinski definition) is 4. The molecule has 0 aliphatic heterocycles. The first-order valence-electron chi connectivity index (χ1n) is 4.74. The summed E-state index contributed by atoms with van der Waals surface area (Å²) in [5.41, 5.74) is 0. The summed E-state index contributed by atoms with van der Waals surface area (Å²) in [4.78, 5) is 7.55. The minimum Gasteiger partial charge on any atom is -0.263 e. The van der Waals surface area contributed by atoms with Crippen molar-refractivity contribution in [3.8, 4) is 0 Å². The third-order valence-electron chi connectivity index (χ3n) is 1.96. The van der Waals surface area contributed by atoms with Gasteiger partial charge in [-0.25, -0.2) is 18.4 Å². The molecule has 0 aliphatic rings. The molecule has 0 fully saturated rings. The van der Waals surface area contributed by atoms with Crippen LogP contribution in [0.2, 0.25) is 10.3 Å². The zero-order valence-corrected chi connectivity index (χ0v) is 11.2. The van der Waals surface area contributed by atoms with Gasteiger partial charge in [0.25, 0.3) is 10.0 Å². The average Bonchev–Trinajstić information content (AvgIpc) is 2.28. The standard InChI is InChI=1S/C10H7Cl2N3O2S/c11-8-2-1-3-10(14-8)15-18(16,17)7-4-5-13-9(12)6-7/h1-6H,(H,14,15). The van der Waals surface area contributed by atoms with Crippen molar-refractivity contribution >= 4 is 39.0 Å². The van der Waals surface area contributed by atoms with Gasteiger partial charge in [0.2, 0.25) is 0 Å². The lowest BCUT2D eigenvalue weighted by molar-refractivity contribution is 0.601. The Morgan fingerprint density at radius 3 is 2.56 bits per heavy atom. The second kappa shape index (κ2) is 5.09. The number of pyridine rings is 2. The molecule has 0 spiro atoms. The van der Waals surface area contributed by atoms with Crippen LogP contribution in [-0.4, -0.2) is 18.4 Å². The molecule has 0 saturated heterocycles. The molecular formula is C10H7Cl2N3O2S. The smallest absolute Gasteiger partial charge is 0.263 e. The molecule has 2 aromatic heterocycles. The van der Waals surface area contributed by atoms with Crippen LogP contribution in [0.3, 0.4) is 0 Å². The average molecular weight is 304 g/mol. The SMILES string of the molecule is O=S(=O)(Nc1cccc(Cl)n1)c1ccnc(Cl)c1. The third-order valence-corrected chi connectivity index (χ3v) is 3.73. The minimum atomic E-state index is -3.75. The van der Waals surface area contributed by atoms with E-state index < -0.39 is 10.0 Å². The van der Waals surface area contributed by atoms with Crippen LogP contribution in [0.25, 0.3) is 0 Å². The fourth-order valence-corrected chi connectivity index (χ4v) is 2.63. The predicted octanol–water partition coefficient (Wildman–Crippen LogP) is 2.58. The Morgan fingerprint density at radius 1 is 1.11 bits per heavy atom. The number of rotatable bonds is 3. The molecule has 1 N–H and O–H groups in total. The Morgan fingerprint density at radius 2 is 1.89 bits per heavy atom. The number of nitrogens with one attached hydrogen (secondary N) is 1. The van der Waals surface area contributed by atoms with Gasteiger partial charge in [0, 0.05) is 6.20 Å². The van der Waals surface area contributed by atoms with Gasteiger partial charge in [0.15, 0.2) is 0 Å². The van der Waals surface area contributed by atoms with Gasteiger partial charge in [0.1, 0.15) is 16.1 Å². The number of halogens is 2. The number of anilines is 1. The topological polar surface area (TPSA) is 72.0 Å². The molecule has 0 saturated carbocycles. The summed E-state index contributed by atoms with van der Waals surface area (Å²) in [5, 5.41) is 0.292. The highest BCUT2D eigenvalue weighted by molar-refractivity contribution is 7.92. The van der Waals surface area contributed by atoms with Crippen LogP contribution in [0.5, 0.6) is 0 Å². The van der Waals surface area contributed by atoms with Gasteiger partial charge in [-0.05, 0) is 24.3 Å². The van der Waals surface area contributed by atoms with E-state index in [1.54, 1.807) is 12.1 Å². The number of hydrogen-bond donors (Lipinski definition) is 1. The normalized spacial score (nSPS) is 11.2. The Balaban J connectivity index is 2.33. The van der Waals surface area contributed by atoms with E-state index in [1.165, 1.54) is 24.4 Å². The Kier molecular flexibility index (Phi) is 3.70. The second-order valence-electron chi connectivity index (χ2n) is 3.27. The molecule has 0 radical (unpaired) electrons. The van der Waals surface area contributed by atoms with Crippen molar-refractivity contribution in [2.45, 2.75) is 4.90 Å². The first kappa shape index (κ1) is 13.1. The highest BCUT2D eigenvalue weighted by Gasteiger charge is 2.15. The first-order valence-corrected chi connectivity index (χ1v) is 6.98. The molecule has 0 atom stereocenters. The maximum atomic E-state index is 12.0. The zero-order valence-electron chi connectivity index (χ0n) is 8.84. The first-order chi connectivity index (χ1) is 8.47. The fraction of sp³-hybridized carbons (Fsp3) is 0.